The minimum Gasteiger partial charge on any atom is -0.348 e. The molecule has 1 atom stereocenters. The number of para-hydroxylation sites is 1. The van der Waals surface area contributed by atoms with Gasteiger partial charge in [-0.05, 0) is 29.5 Å². The van der Waals surface area contributed by atoms with Crippen molar-refractivity contribution < 1.29 is 4.79 Å². The maximum Gasteiger partial charge on any atom is 0.258 e. The number of amides is 1. The van der Waals surface area contributed by atoms with Crippen molar-refractivity contribution in [3.63, 3.8) is 0 Å². The molecule has 1 amide bonds. The molecule has 2 aromatic heterocycles. The molecule has 3 rings (SSSR count). The Morgan fingerprint density at radius 3 is 2.76 bits per heavy atom. The van der Waals surface area contributed by atoms with Crippen molar-refractivity contribution in [2.24, 2.45) is 5.92 Å². The fraction of sp³-hybridized carbons (Fsp3) is 0.316. The number of aromatic nitrogens is 2. The maximum absolute atomic E-state index is 12.3. The molecule has 2 heterocycles. The fourth-order valence-corrected chi connectivity index (χ4v) is 3.71. The number of rotatable bonds is 6. The number of carbonyl (C=O) groups is 1. The first-order valence-electron chi connectivity index (χ1n) is 8.35. The summed E-state index contributed by atoms with van der Waals surface area (Å²) in [6, 6.07) is 11.2. The molecule has 0 saturated heterocycles. The Hall–Kier alpha value is -2.47. The van der Waals surface area contributed by atoms with E-state index in [0.29, 0.717) is 29.1 Å². The van der Waals surface area contributed by atoms with Gasteiger partial charge in [0.15, 0.2) is 0 Å². The Balaban J connectivity index is 1.67. The lowest BCUT2D eigenvalue weighted by molar-refractivity contribution is -0.122. The van der Waals surface area contributed by atoms with Crippen molar-refractivity contribution in [1.82, 2.24) is 15.3 Å². The summed E-state index contributed by atoms with van der Waals surface area (Å²) in [5.74, 6) is 0.806. The average Bonchev–Trinajstić information content (AvgIpc) is 3.12. The summed E-state index contributed by atoms with van der Waals surface area (Å²) in [6.07, 6.45) is 0.692. The molecule has 1 aromatic carbocycles. The number of aromatic amines is 1. The zero-order chi connectivity index (χ0) is 17.8. The van der Waals surface area contributed by atoms with Gasteiger partial charge < -0.3 is 10.3 Å². The van der Waals surface area contributed by atoms with Crippen molar-refractivity contribution in [2.45, 2.75) is 32.7 Å². The first kappa shape index (κ1) is 17.4. The number of nitrogens with zero attached hydrogens (tertiary/aromatic N) is 1. The number of benzene rings is 1. The van der Waals surface area contributed by atoms with E-state index >= 15 is 0 Å². The molecular formula is C19H21N3O2S. The van der Waals surface area contributed by atoms with Gasteiger partial charge in [0.25, 0.3) is 5.56 Å². The summed E-state index contributed by atoms with van der Waals surface area (Å²) in [7, 11) is 0. The van der Waals surface area contributed by atoms with Gasteiger partial charge in [0.2, 0.25) is 5.91 Å². The van der Waals surface area contributed by atoms with Gasteiger partial charge in [0.05, 0.1) is 16.9 Å². The van der Waals surface area contributed by atoms with Gasteiger partial charge in [0, 0.05) is 17.7 Å². The highest BCUT2D eigenvalue weighted by molar-refractivity contribution is 7.10. The minimum absolute atomic E-state index is 0.0103. The van der Waals surface area contributed by atoms with Crippen LogP contribution in [0.4, 0.5) is 0 Å². The molecule has 6 heteroatoms. The van der Waals surface area contributed by atoms with Crippen LogP contribution in [-0.2, 0) is 11.2 Å². The Bertz CT molecular complexity index is 916. The summed E-state index contributed by atoms with van der Waals surface area (Å²) in [6.45, 7) is 4.18. The van der Waals surface area contributed by atoms with Crippen molar-refractivity contribution in [3.05, 3.63) is 62.8 Å². The van der Waals surface area contributed by atoms with Gasteiger partial charge in [-0.25, -0.2) is 4.98 Å². The highest BCUT2D eigenvalue weighted by Crippen LogP contribution is 2.25. The van der Waals surface area contributed by atoms with Crippen LogP contribution in [0.3, 0.4) is 0 Å². The molecule has 0 bridgehead atoms. The first-order valence-corrected chi connectivity index (χ1v) is 9.23. The first-order chi connectivity index (χ1) is 12.0. The average molecular weight is 355 g/mol. The maximum atomic E-state index is 12.3. The van der Waals surface area contributed by atoms with E-state index in [0.717, 1.165) is 4.88 Å². The molecule has 2 N–H and O–H groups in total. The van der Waals surface area contributed by atoms with Crippen molar-refractivity contribution >= 4 is 28.1 Å². The minimum atomic E-state index is -0.167. The van der Waals surface area contributed by atoms with Gasteiger partial charge in [-0.2, -0.15) is 0 Å². The van der Waals surface area contributed by atoms with Gasteiger partial charge in [-0.3, -0.25) is 9.59 Å². The second-order valence-electron chi connectivity index (χ2n) is 6.33. The summed E-state index contributed by atoms with van der Waals surface area (Å²) in [5.41, 5.74) is 0.486. The predicted octanol–water partition coefficient (Wildman–Crippen LogP) is 3.43. The van der Waals surface area contributed by atoms with Gasteiger partial charge >= 0.3 is 0 Å². The molecule has 25 heavy (non-hydrogen) atoms. The van der Waals surface area contributed by atoms with E-state index in [1.807, 2.05) is 29.6 Å². The van der Waals surface area contributed by atoms with Crippen LogP contribution in [0.1, 0.15) is 37.0 Å². The highest BCUT2D eigenvalue weighted by atomic mass is 32.1. The number of hydrogen-bond acceptors (Lipinski definition) is 4. The second-order valence-corrected chi connectivity index (χ2v) is 7.31. The number of nitrogens with one attached hydrogen (secondary N) is 2. The van der Waals surface area contributed by atoms with Crippen LogP contribution in [0.2, 0.25) is 0 Å². The molecule has 0 radical (unpaired) electrons. The molecule has 1 unspecified atom stereocenters. The quantitative estimate of drug-likeness (QED) is 0.711. The van der Waals surface area contributed by atoms with Crippen LogP contribution >= 0.6 is 11.3 Å². The Morgan fingerprint density at radius 2 is 2.04 bits per heavy atom. The lowest BCUT2D eigenvalue weighted by Gasteiger charge is -2.21. The molecule has 0 fully saturated rings. The largest absolute Gasteiger partial charge is 0.348 e. The van der Waals surface area contributed by atoms with E-state index in [2.05, 4.69) is 29.1 Å². The van der Waals surface area contributed by atoms with Crippen LogP contribution in [0.15, 0.2) is 46.6 Å². The Kier molecular flexibility index (Phi) is 5.28. The van der Waals surface area contributed by atoms with Crippen LogP contribution in [0.25, 0.3) is 10.9 Å². The topological polar surface area (TPSA) is 74.8 Å². The lowest BCUT2D eigenvalue weighted by atomic mass is 10.0. The van der Waals surface area contributed by atoms with E-state index in [9.17, 15) is 9.59 Å². The monoisotopic (exact) mass is 355 g/mol. The standard InChI is InChI=1S/C19H21N3O2S/c1-12(2)18(15-8-5-11-25-15)22-17(23)10-9-16-20-14-7-4-3-6-13(14)19(24)21-16/h3-8,11-12,18H,9-10H2,1-2H3,(H,22,23)(H,20,21,24). The molecule has 0 aliphatic heterocycles. The fourth-order valence-electron chi connectivity index (χ4n) is 2.77. The number of thiophene rings is 1. The smallest absolute Gasteiger partial charge is 0.258 e. The highest BCUT2D eigenvalue weighted by Gasteiger charge is 2.19. The van der Waals surface area contributed by atoms with E-state index in [1.54, 1.807) is 23.5 Å². The van der Waals surface area contributed by atoms with Gasteiger partial charge in [0.1, 0.15) is 5.82 Å². The Morgan fingerprint density at radius 1 is 1.24 bits per heavy atom. The van der Waals surface area contributed by atoms with E-state index < -0.39 is 0 Å². The molecule has 3 aromatic rings. The summed E-state index contributed by atoms with van der Waals surface area (Å²) >= 11 is 1.64. The third kappa shape index (κ3) is 4.14. The number of H-pyrrole nitrogens is 1. The van der Waals surface area contributed by atoms with Crippen LogP contribution in [-0.4, -0.2) is 15.9 Å². The number of aryl methyl sites for hydroxylation is 1. The van der Waals surface area contributed by atoms with Crippen LogP contribution in [0, 0.1) is 5.92 Å². The van der Waals surface area contributed by atoms with E-state index in [-0.39, 0.29) is 23.9 Å². The molecule has 130 valence electrons. The zero-order valence-corrected chi connectivity index (χ0v) is 15.1. The van der Waals surface area contributed by atoms with Crippen LogP contribution < -0.4 is 10.9 Å². The van der Waals surface area contributed by atoms with Gasteiger partial charge in [-0.1, -0.05) is 32.0 Å². The molecule has 0 spiro atoms. The molecular weight excluding hydrogens is 334 g/mol. The number of carbonyl (C=O) groups excluding carboxylic acids is 1. The molecule has 0 aliphatic rings. The number of hydrogen-bond donors (Lipinski definition) is 2. The van der Waals surface area contributed by atoms with Crippen molar-refractivity contribution in [3.8, 4) is 0 Å². The van der Waals surface area contributed by atoms with Gasteiger partial charge in [-0.15, -0.1) is 11.3 Å². The van der Waals surface area contributed by atoms with E-state index in [4.69, 9.17) is 0 Å². The third-order valence-electron chi connectivity index (χ3n) is 4.08. The number of fused-ring (bicyclic) bond motifs is 1. The predicted molar refractivity (Wildman–Crippen MR) is 101 cm³/mol. The summed E-state index contributed by atoms with van der Waals surface area (Å²) in [5, 5.41) is 5.67. The lowest BCUT2D eigenvalue weighted by Crippen LogP contribution is -2.31. The summed E-state index contributed by atoms with van der Waals surface area (Å²) in [4.78, 5) is 32.8. The molecule has 5 nitrogen and oxygen atoms in total. The summed E-state index contributed by atoms with van der Waals surface area (Å²) < 4.78 is 0. The molecule has 0 aliphatic carbocycles. The van der Waals surface area contributed by atoms with Crippen LogP contribution in [0.5, 0.6) is 0 Å². The second kappa shape index (κ2) is 7.61. The van der Waals surface area contributed by atoms with Crippen molar-refractivity contribution in [2.75, 3.05) is 0 Å². The Labute approximate surface area is 150 Å². The SMILES string of the molecule is CC(C)C(NC(=O)CCc1nc2ccccc2c(=O)[nH]1)c1cccs1. The normalized spacial score (nSPS) is 12.4. The third-order valence-corrected chi connectivity index (χ3v) is 5.04. The molecule has 0 saturated carbocycles. The van der Waals surface area contributed by atoms with Crippen molar-refractivity contribution in [1.29, 1.82) is 0 Å². The zero-order valence-electron chi connectivity index (χ0n) is 14.3. The van der Waals surface area contributed by atoms with E-state index in [1.165, 1.54) is 0 Å².